The van der Waals surface area contributed by atoms with Crippen LogP contribution in [0.2, 0.25) is 5.02 Å². The Morgan fingerprint density at radius 2 is 1.83 bits per heavy atom. The molecule has 0 amide bonds. The lowest BCUT2D eigenvalue weighted by atomic mass is 9.81. The zero-order chi connectivity index (χ0) is 26.5. The lowest BCUT2D eigenvalue weighted by Gasteiger charge is -2.25. The van der Waals surface area contributed by atoms with E-state index in [1.807, 2.05) is 51.1 Å². The normalized spacial score (nSPS) is 16.4. The predicted molar refractivity (Wildman–Crippen MR) is 138 cm³/mol. The minimum absolute atomic E-state index is 0.0152. The van der Waals surface area contributed by atoms with Gasteiger partial charge in [0, 0.05) is 24.4 Å². The average molecular weight is 517 g/mol. The molecule has 0 saturated carbocycles. The van der Waals surface area contributed by atoms with Gasteiger partial charge in [-0.15, -0.1) is 0 Å². The van der Waals surface area contributed by atoms with Crippen LogP contribution >= 0.6 is 11.6 Å². The van der Waals surface area contributed by atoms with Gasteiger partial charge in [0.1, 0.15) is 12.4 Å². The topological polar surface area (TPSA) is 125 Å². The van der Waals surface area contributed by atoms with Crippen molar-refractivity contribution in [1.82, 2.24) is 5.32 Å². The first-order valence-corrected chi connectivity index (χ1v) is 12.3. The van der Waals surface area contributed by atoms with Crippen LogP contribution in [0.15, 0.2) is 36.4 Å². The number of halogens is 1. The number of ether oxygens (including phenoxy) is 1. The number of carbonyl (C=O) groups is 3. The van der Waals surface area contributed by atoms with Crippen LogP contribution in [0.3, 0.4) is 0 Å². The van der Waals surface area contributed by atoms with Gasteiger partial charge in [0.25, 0.3) is 0 Å². The number of hydrogen-bond acceptors (Lipinski definition) is 6. The number of carboxylic acid groups (broad SMARTS) is 2. The molecule has 1 heterocycles. The molecular formula is C27H33ClN2O6. The molecular weight excluding hydrogens is 484 g/mol. The maximum atomic E-state index is 12.1. The highest BCUT2D eigenvalue weighted by Crippen LogP contribution is 2.38. The molecule has 0 radical (unpaired) electrons. The Bertz CT molecular complexity index is 1110. The van der Waals surface area contributed by atoms with Gasteiger partial charge in [-0.3, -0.25) is 14.4 Å². The van der Waals surface area contributed by atoms with E-state index in [-0.39, 0.29) is 12.4 Å². The largest absolute Gasteiger partial charge is 0.486 e. The third kappa shape index (κ3) is 6.98. The van der Waals surface area contributed by atoms with E-state index in [4.69, 9.17) is 16.3 Å². The van der Waals surface area contributed by atoms with E-state index < -0.39 is 35.6 Å². The fraction of sp³-hybridized carbons (Fsp3) is 0.444. The summed E-state index contributed by atoms with van der Waals surface area (Å²) in [6, 6.07) is 11.0. The second-order valence-corrected chi connectivity index (χ2v) is 10.5. The van der Waals surface area contributed by atoms with Crippen LogP contribution < -0.4 is 15.4 Å². The summed E-state index contributed by atoms with van der Waals surface area (Å²) in [5.74, 6) is -3.20. The summed E-state index contributed by atoms with van der Waals surface area (Å²) in [5.41, 5.74) is 2.93. The molecule has 36 heavy (non-hydrogen) atoms. The van der Waals surface area contributed by atoms with Crippen molar-refractivity contribution in [2.24, 2.45) is 11.3 Å². The zero-order valence-corrected chi connectivity index (χ0v) is 21.5. The third-order valence-electron chi connectivity index (χ3n) is 6.41. The molecule has 4 N–H and O–H groups in total. The quantitative estimate of drug-likeness (QED) is 0.367. The van der Waals surface area contributed by atoms with Gasteiger partial charge in [0.15, 0.2) is 5.78 Å². The number of rotatable bonds is 10. The molecule has 2 aromatic rings. The van der Waals surface area contributed by atoms with Crippen LogP contribution in [-0.2, 0) is 27.3 Å². The second-order valence-electron chi connectivity index (χ2n) is 10.1. The van der Waals surface area contributed by atoms with Crippen molar-refractivity contribution in [3.05, 3.63) is 58.1 Å². The number of carboxylic acids is 2. The van der Waals surface area contributed by atoms with E-state index in [0.717, 1.165) is 22.4 Å². The molecule has 3 rings (SSSR count). The van der Waals surface area contributed by atoms with Crippen molar-refractivity contribution in [3.8, 4) is 5.75 Å². The van der Waals surface area contributed by atoms with Gasteiger partial charge in [-0.05, 0) is 47.9 Å². The number of Topliss-reactive ketones (excluding diaryl/α,β-unsaturated/α-hetero) is 1. The van der Waals surface area contributed by atoms with Gasteiger partial charge in [-0.2, -0.15) is 0 Å². The highest BCUT2D eigenvalue weighted by atomic mass is 35.5. The molecule has 194 valence electrons. The molecule has 1 aliphatic heterocycles. The Balaban J connectivity index is 1.77. The fourth-order valence-corrected chi connectivity index (χ4v) is 4.48. The van der Waals surface area contributed by atoms with E-state index in [2.05, 4.69) is 10.6 Å². The minimum atomic E-state index is -1.14. The number of carbonyl (C=O) groups excluding carboxylic acids is 1. The van der Waals surface area contributed by atoms with Crippen molar-refractivity contribution in [1.29, 1.82) is 0 Å². The molecule has 0 spiro atoms. The zero-order valence-electron chi connectivity index (χ0n) is 20.8. The lowest BCUT2D eigenvalue weighted by molar-refractivity contribution is -0.149. The maximum absolute atomic E-state index is 12.1. The highest BCUT2D eigenvalue weighted by Gasteiger charge is 2.34. The van der Waals surface area contributed by atoms with Crippen LogP contribution in [0, 0.1) is 11.3 Å². The summed E-state index contributed by atoms with van der Waals surface area (Å²) in [6.07, 6.45) is 0.172. The summed E-state index contributed by atoms with van der Waals surface area (Å²) >= 11 is 6.54. The van der Waals surface area contributed by atoms with Crippen LogP contribution in [0.25, 0.3) is 0 Å². The van der Waals surface area contributed by atoms with E-state index in [1.165, 1.54) is 0 Å². The summed E-state index contributed by atoms with van der Waals surface area (Å²) in [4.78, 5) is 35.3. The van der Waals surface area contributed by atoms with Crippen LogP contribution in [0.4, 0.5) is 5.69 Å². The van der Waals surface area contributed by atoms with E-state index in [0.29, 0.717) is 36.8 Å². The second kappa shape index (κ2) is 11.8. The van der Waals surface area contributed by atoms with Gasteiger partial charge >= 0.3 is 11.9 Å². The Morgan fingerprint density at radius 3 is 2.44 bits per heavy atom. The predicted octanol–water partition coefficient (Wildman–Crippen LogP) is 4.35. The highest BCUT2D eigenvalue weighted by molar-refractivity contribution is 6.33. The lowest BCUT2D eigenvalue weighted by Crippen LogP contribution is -2.31. The summed E-state index contributed by atoms with van der Waals surface area (Å²) < 4.78 is 5.61. The molecule has 2 unspecified atom stereocenters. The van der Waals surface area contributed by atoms with Gasteiger partial charge < -0.3 is 25.6 Å². The number of fused-ring (bicyclic) bond motifs is 1. The molecule has 1 aliphatic rings. The molecule has 0 aliphatic carbocycles. The summed E-state index contributed by atoms with van der Waals surface area (Å²) in [5, 5.41) is 26.1. The first-order chi connectivity index (χ1) is 17.0. The number of hydrogen-bond donors (Lipinski definition) is 4. The van der Waals surface area contributed by atoms with Crippen molar-refractivity contribution in [2.45, 2.75) is 46.1 Å². The first kappa shape index (κ1) is 27.5. The first-order valence-electron chi connectivity index (χ1n) is 11.9. The Hall–Kier alpha value is -3.10. The Kier molecular flexibility index (Phi) is 8.98. The van der Waals surface area contributed by atoms with Gasteiger partial charge in [-0.1, -0.05) is 50.6 Å². The Morgan fingerprint density at radius 1 is 1.14 bits per heavy atom. The van der Waals surface area contributed by atoms with E-state index in [1.54, 1.807) is 6.07 Å². The average Bonchev–Trinajstić information content (AvgIpc) is 3.02. The molecule has 2 atom stereocenters. The summed E-state index contributed by atoms with van der Waals surface area (Å²) in [7, 11) is 0. The maximum Gasteiger partial charge on any atom is 0.307 e. The number of benzene rings is 2. The smallest absolute Gasteiger partial charge is 0.307 e. The van der Waals surface area contributed by atoms with Crippen LogP contribution in [0.5, 0.6) is 5.75 Å². The van der Waals surface area contributed by atoms with E-state index in [9.17, 15) is 24.6 Å². The molecule has 2 aromatic carbocycles. The molecule has 0 saturated heterocycles. The van der Waals surface area contributed by atoms with Crippen LogP contribution in [0.1, 0.15) is 49.8 Å². The molecule has 9 heteroatoms. The van der Waals surface area contributed by atoms with Gasteiger partial charge in [0.2, 0.25) is 0 Å². The van der Waals surface area contributed by atoms with Crippen LogP contribution in [-0.4, -0.2) is 47.6 Å². The number of aliphatic carboxylic acids is 2. The Labute approximate surface area is 216 Å². The van der Waals surface area contributed by atoms with Crippen molar-refractivity contribution in [3.63, 3.8) is 0 Å². The van der Waals surface area contributed by atoms with Gasteiger partial charge in [0.05, 0.1) is 23.0 Å². The van der Waals surface area contributed by atoms with E-state index >= 15 is 0 Å². The monoisotopic (exact) mass is 516 g/mol. The van der Waals surface area contributed by atoms with Crippen molar-refractivity contribution < 1.29 is 29.3 Å². The molecule has 8 nitrogen and oxygen atoms in total. The summed E-state index contributed by atoms with van der Waals surface area (Å²) in [6.45, 7) is 7.04. The third-order valence-corrected chi connectivity index (χ3v) is 6.73. The van der Waals surface area contributed by atoms with Gasteiger partial charge in [-0.25, -0.2) is 0 Å². The number of ketones is 1. The molecule has 0 aromatic heterocycles. The fourth-order valence-electron chi connectivity index (χ4n) is 4.23. The number of anilines is 1. The number of nitrogens with one attached hydrogen (secondary N) is 2. The van der Waals surface area contributed by atoms with Crippen molar-refractivity contribution in [2.75, 3.05) is 25.0 Å². The minimum Gasteiger partial charge on any atom is -0.486 e. The molecule has 0 bridgehead atoms. The SMILES string of the molecule is CC(C)(C)C(=O)COc1ccc(CNc2c(Cl)ccc3c2CCNCC3C(CC(=O)O)C(=O)O)cc1. The standard InChI is InChI=1S/C27H33ClN2O6/c1-27(2,3)23(31)15-36-17-6-4-16(5-7-17)13-30-25-19-10-11-29-14-21(18(19)8-9-22(25)28)20(26(34)35)12-24(32)33/h4-9,20-21,29-30H,10-15H2,1-3H3,(H,32,33)(H,34,35). The molecule has 0 fully saturated rings. The van der Waals surface area contributed by atoms with Crippen molar-refractivity contribution >= 4 is 35.0 Å².